The fourth-order valence-corrected chi connectivity index (χ4v) is 4.54. The summed E-state index contributed by atoms with van der Waals surface area (Å²) in [5.41, 5.74) is 0. The molecule has 0 bridgehead atoms. The van der Waals surface area contributed by atoms with E-state index in [0.29, 0.717) is 18.0 Å². The highest BCUT2D eigenvalue weighted by Gasteiger charge is 2.34. The van der Waals surface area contributed by atoms with Crippen LogP contribution < -0.4 is 0 Å². The summed E-state index contributed by atoms with van der Waals surface area (Å²) in [5.74, 6) is 0.790. The van der Waals surface area contributed by atoms with E-state index in [1.54, 1.807) is 0 Å². The molecular weight excluding hydrogens is 270 g/mol. The Bertz CT molecular complexity index is 298. The maximum absolute atomic E-state index is 13.3. The van der Waals surface area contributed by atoms with Crippen LogP contribution in [0.2, 0.25) is 0 Å². The predicted molar refractivity (Wildman–Crippen MR) is 93.9 cm³/mol. The molecule has 0 aromatic heterocycles. The van der Waals surface area contributed by atoms with Crippen molar-refractivity contribution in [3.63, 3.8) is 0 Å². The van der Waals surface area contributed by atoms with Crippen LogP contribution in [0.4, 0.5) is 0 Å². The Labute approximate surface area is 138 Å². The molecule has 2 aliphatic rings. The highest BCUT2D eigenvalue weighted by Crippen LogP contribution is 2.32. The first-order valence-electron chi connectivity index (χ1n) is 10.1. The van der Waals surface area contributed by atoms with Crippen molar-refractivity contribution in [2.24, 2.45) is 5.92 Å². The number of unbranched alkanes of at least 4 members (excludes halogenated alkanes) is 1. The fraction of sp³-hybridized carbons (Fsp3) is 0.950. The van der Waals surface area contributed by atoms with E-state index >= 15 is 0 Å². The van der Waals surface area contributed by atoms with Gasteiger partial charge in [0.1, 0.15) is 0 Å². The molecule has 0 aromatic rings. The van der Waals surface area contributed by atoms with Gasteiger partial charge in [0.25, 0.3) is 0 Å². The molecule has 2 nitrogen and oxygen atoms in total. The normalized spacial score (nSPS) is 22.5. The number of amides is 1. The second-order valence-corrected chi connectivity index (χ2v) is 7.58. The minimum Gasteiger partial charge on any atom is -0.336 e. The number of nitrogens with zero attached hydrogens (tertiary/aromatic N) is 1. The van der Waals surface area contributed by atoms with E-state index in [2.05, 4.69) is 18.7 Å². The van der Waals surface area contributed by atoms with Crippen molar-refractivity contribution in [2.75, 3.05) is 0 Å². The lowest BCUT2D eigenvalue weighted by atomic mass is 9.86. The average molecular weight is 308 g/mol. The van der Waals surface area contributed by atoms with Crippen molar-refractivity contribution in [3.05, 3.63) is 0 Å². The monoisotopic (exact) mass is 307 g/mol. The molecule has 2 aliphatic carbocycles. The summed E-state index contributed by atoms with van der Waals surface area (Å²) >= 11 is 0. The number of rotatable bonds is 7. The smallest absolute Gasteiger partial charge is 0.226 e. The molecule has 2 fully saturated rings. The van der Waals surface area contributed by atoms with Gasteiger partial charge in [0, 0.05) is 18.0 Å². The van der Waals surface area contributed by atoms with E-state index in [1.807, 2.05) is 0 Å². The Balaban J connectivity index is 2.08. The quantitative estimate of drug-likeness (QED) is 0.591. The van der Waals surface area contributed by atoms with Crippen molar-refractivity contribution in [3.8, 4) is 0 Å². The fourth-order valence-electron chi connectivity index (χ4n) is 4.54. The third-order valence-corrected chi connectivity index (χ3v) is 5.94. The Morgan fingerprint density at radius 3 is 1.82 bits per heavy atom. The van der Waals surface area contributed by atoms with Gasteiger partial charge in [-0.1, -0.05) is 65.2 Å². The summed E-state index contributed by atoms with van der Waals surface area (Å²) in [5, 5.41) is 0. The number of carbonyl (C=O) groups excluding carboxylic acids is 1. The molecule has 0 heterocycles. The van der Waals surface area contributed by atoms with E-state index in [0.717, 1.165) is 12.8 Å². The molecule has 0 N–H and O–H groups in total. The van der Waals surface area contributed by atoms with Gasteiger partial charge >= 0.3 is 0 Å². The molecule has 1 atom stereocenters. The third kappa shape index (κ3) is 4.73. The number of hydrogen-bond donors (Lipinski definition) is 0. The highest BCUT2D eigenvalue weighted by atomic mass is 16.2. The van der Waals surface area contributed by atoms with E-state index in [1.165, 1.54) is 77.0 Å². The third-order valence-electron chi connectivity index (χ3n) is 5.94. The molecule has 2 saturated carbocycles. The highest BCUT2D eigenvalue weighted by molar-refractivity contribution is 5.79. The van der Waals surface area contributed by atoms with Crippen molar-refractivity contribution in [1.82, 2.24) is 4.90 Å². The largest absolute Gasteiger partial charge is 0.336 e. The standard InChI is InChI=1S/C20H37NO/c1-3-5-12-17(4-2)20(22)21(18-13-8-6-9-14-18)19-15-10-7-11-16-19/h17-19H,3-16H2,1-2H3. The van der Waals surface area contributed by atoms with Gasteiger partial charge in [0.2, 0.25) is 5.91 Å². The van der Waals surface area contributed by atoms with Crippen LogP contribution in [0.1, 0.15) is 104 Å². The number of carbonyl (C=O) groups is 1. The van der Waals surface area contributed by atoms with Gasteiger partial charge in [0.05, 0.1) is 0 Å². The molecule has 0 spiro atoms. The molecule has 2 rings (SSSR count). The molecule has 0 radical (unpaired) electrons. The van der Waals surface area contributed by atoms with Crippen LogP contribution in [0.25, 0.3) is 0 Å². The van der Waals surface area contributed by atoms with Gasteiger partial charge in [-0.3, -0.25) is 4.79 Å². The van der Waals surface area contributed by atoms with Gasteiger partial charge < -0.3 is 4.90 Å². The topological polar surface area (TPSA) is 20.3 Å². The van der Waals surface area contributed by atoms with Crippen LogP contribution in [0.3, 0.4) is 0 Å². The van der Waals surface area contributed by atoms with Crippen LogP contribution in [0.5, 0.6) is 0 Å². The minimum atomic E-state index is 0.281. The van der Waals surface area contributed by atoms with E-state index in [-0.39, 0.29) is 5.92 Å². The summed E-state index contributed by atoms with van der Waals surface area (Å²) in [6.45, 7) is 4.44. The zero-order valence-corrected chi connectivity index (χ0v) is 15.0. The summed E-state index contributed by atoms with van der Waals surface area (Å²) in [7, 11) is 0. The molecule has 1 amide bonds. The van der Waals surface area contributed by atoms with E-state index in [4.69, 9.17) is 0 Å². The maximum atomic E-state index is 13.3. The average Bonchev–Trinajstić information content (AvgIpc) is 2.58. The van der Waals surface area contributed by atoms with Crippen molar-refractivity contribution < 1.29 is 4.79 Å². The summed E-state index contributed by atoms with van der Waals surface area (Å²) < 4.78 is 0. The number of hydrogen-bond acceptors (Lipinski definition) is 1. The van der Waals surface area contributed by atoms with Gasteiger partial charge in [-0.2, -0.15) is 0 Å². The molecule has 2 heteroatoms. The Kier molecular flexibility index (Phi) is 7.75. The summed E-state index contributed by atoms with van der Waals surface area (Å²) in [4.78, 5) is 15.7. The lowest BCUT2D eigenvalue weighted by Gasteiger charge is -2.43. The molecule has 128 valence electrons. The molecule has 1 unspecified atom stereocenters. The Hall–Kier alpha value is -0.530. The summed E-state index contributed by atoms with van der Waals surface area (Å²) in [6.07, 6.45) is 17.6. The Morgan fingerprint density at radius 2 is 1.41 bits per heavy atom. The van der Waals surface area contributed by atoms with E-state index in [9.17, 15) is 4.79 Å². The predicted octanol–water partition coefficient (Wildman–Crippen LogP) is 5.70. The first kappa shape index (κ1) is 17.8. The maximum Gasteiger partial charge on any atom is 0.226 e. The SMILES string of the molecule is CCCCC(CC)C(=O)N(C1CCCCC1)C1CCCCC1. The Morgan fingerprint density at radius 1 is 0.909 bits per heavy atom. The van der Waals surface area contributed by atoms with Crippen molar-refractivity contribution >= 4 is 5.91 Å². The zero-order valence-electron chi connectivity index (χ0n) is 15.0. The first-order chi connectivity index (χ1) is 10.8. The molecular formula is C20H37NO. The van der Waals surface area contributed by atoms with Crippen LogP contribution in [0.15, 0.2) is 0 Å². The summed E-state index contributed by atoms with van der Waals surface area (Å²) in [6, 6.07) is 1.11. The van der Waals surface area contributed by atoms with Crippen molar-refractivity contribution in [2.45, 2.75) is 116 Å². The van der Waals surface area contributed by atoms with Crippen molar-refractivity contribution in [1.29, 1.82) is 0 Å². The second-order valence-electron chi connectivity index (χ2n) is 7.58. The molecule has 0 aromatic carbocycles. The molecule has 0 aliphatic heterocycles. The van der Waals surface area contributed by atoms with Crippen LogP contribution >= 0.6 is 0 Å². The molecule has 0 saturated heterocycles. The van der Waals surface area contributed by atoms with Crippen LogP contribution in [0, 0.1) is 5.92 Å². The van der Waals surface area contributed by atoms with Crippen LogP contribution in [-0.2, 0) is 4.79 Å². The molecule has 22 heavy (non-hydrogen) atoms. The van der Waals surface area contributed by atoms with Gasteiger partial charge in [-0.15, -0.1) is 0 Å². The lowest BCUT2D eigenvalue weighted by molar-refractivity contribution is -0.143. The lowest BCUT2D eigenvalue weighted by Crippen LogP contribution is -2.51. The second kappa shape index (κ2) is 9.57. The van der Waals surface area contributed by atoms with Gasteiger partial charge in [-0.25, -0.2) is 0 Å². The zero-order chi connectivity index (χ0) is 15.8. The van der Waals surface area contributed by atoms with Crippen LogP contribution in [-0.4, -0.2) is 22.9 Å². The van der Waals surface area contributed by atoms with E-state index < -0.39 is 0 Å². The first-order valence-corrected chi connectivity index (χ1v) is 10.1. The van der Waals surface area contributed by atoms with Gasteiger partial charge in [-0.05, 0) is 38.5 Å². The minimum absolute atomic E-state index is 0.281. The van der Waals surface area contributed by atoms with Gasteiger partial charge in [0.15, 0.2) is 0 Å².